The molecule has 3 aliphatic heterocycles. The molecular formula is C32H48N2O7. The van der Waals surface area contributed by atoms with Crippen molar-refractivity contribution in [3.05, 3.63) is 35.9 Å². The molecule has 9 nitrogen and oxygen atoms in total. The van der Waals surface area contributed by atoms with Crippen LogP contribution in [-0.2, 0) is 30.2 Å². The number of fused-ring (bicyclic) bond motifs is 1. The summed E-state index contributed by atoms with van der Waals surface area (Å²) in [4.78, 5) is 30.7. The summed E-state index contributed by atoms with van der Waals surface area (Å²) in [7, 11) is 1.72. The van der Waals surface area contributed by atoms with Crippen LogP contribution in [0.2, 0.25) is 0 Å². The number of hydrogen-bond donors (Lipinski definition) is 1. The molecule has 5 unspecified atom stereocenters. The number of hydrogen-bond acceptors (Lipinski definition) is 7. The molecular weight excluding hydrogens is 524 g/mol. The van der Waals surface area contributed by atoms with Gasteiger partial charge < -0.3 is 33.9 Å². The second kappa shape index (κ2) is 13.8. The van der Waals surface area contributed by atoms with E-state index in [-0.39, 0.29) is 61.0 Å². The number of carbonyl (C=O) groups excluding carboxylic acids is 2. The van der Waals surface area contributed by atoms with Crippen LogP contribution in [0.15, 0.2) is 30.3 Å². The van der Waals surface area contributed by atoms with E-state index in [2.05, 4.69) is 13.8 Å². The molecule has 1 saturated carbocycles. The van der Waals surface area contributed by atoms with E-state index >= 15 is 0 Å². The second-order valence-corrected chi connectivity index (χ2v) is 13.0. The minimum atomic E-state index is -0.873. The summed E-state index contributed by atoms with van der Waals surface area (Å²) in [5, 5.41) is 11.6. The molecule has 228 valence electrons. The summed E-state index contributed by atoms with van der Waals surface area (Å²) in [6.07, 6.45) is 2.19. The molecule has 1 aromatic rings. The topological polar surface area (TPSA) is 97.8 Å². The van der Waals surface area contributed by atoms with E-state index in [1.165, 1.54) is 0 Å². The van der Waals surface area contributed by atoms with Crippen molar-refractivity contribution >= 4 is 12.0 Å². The normalized spacial score (nSPS) is 29.0. The fourth-order valence-electron chi connectivity index (χ4n) is 7.30. The highest BCUT2D eigenvalue weighted by Gasteiger charge is 2.56. The number of aliphatic hydroxyl groups excluding tert-OH is 1. The number of aliphatic hydroxyl groups is 1. The number of likely N-dealkylation sites (tertiary alicyclic amines) is 1. The average molecular weight is 573 g/mol. The van der Waals surface area contributed by atoms with Gasteiger partial charge in [-0.05, 0) is 43.1 Å². The van der Waals surface area contributed by atoms with Crippen molar-refractivity contribution in [2.75, 3.05) is 53.1 Å². The van der Waals surface area contributed by atoms with E-state index in [0.29, 0.717) is 51.1 Å². The number of rotatable bonds is 12. The molecule has 0 radical (unpaired) electrons. The molecule has 4 fully saturated rings. The number of benzene rings is 1. The molecule has 1 aliphatic carbocycles. The van der Waals surface area contributed by atoms with Crippen LogP contribution in [0.4, 0.5) is 4.79 Å². The minimum Gasteiger partial charge on any atom is -0.462 e. The van der Waals surface area contributed by atoms with Crippen molar-refractivity contribution in [2.45, 2.75) is 64.4 Å². The molecule has 0 spiro atoms. The van der Waals surface area contributed by atoms with Crippen molar-refractivity contribution in [2.24, 2.45) is 35.5 Å². The summed E-state index contributed by atoms with van der Waals surface area (Å²) in [6, 6.07) is 9.88. The van der Waals surface area contributed by atoms with Gasteiger partial charge in [0.1, 0.15) is 6.10 Å². The molecule has 4 aliphatic rings. The molecule has 7 atom stereocenters. The molecule has 5 rings (SSSR count). The first-order valence-electron chi connectivity index (χ1n) is 15.5. The third kappa shape index (κ3) is 7.42. The maximum atomic E-state index is 13.6. The number of esters is 1. The molecule has 1 aromatic carbocycles. The highest BCUT2D eigenvalue weighted by molar-refractivity contribution is 5.74. The van der Waals surface area contributed by atoms with E-state index in [1.54, 1.807) is 12.0 Å². The third-order valence-corrected chi connectivity index (χ3v) is 9.42. The van der Waals surface area contributed by atoms with Crippen LogP contribution >= 0.6 is 0 Å². The maximum Gasteiger partial charge on any atom is 0.320 e. The predicted molar refractivity (Wildman–Crippen MR) is 153 cm³/mol. The van der Waals surface area contributed by atoms with Crippen LogP contribution in [0.25, 0.3) is 0 Å². The Morgan fingerprint density at radius 2 is 1.80 bits per heavy atom. The molecule has 41 heavy (non-hydrogen) atoms. The van der Waals surface area contributed by atoms with Gasteiger partial charge in [0, 0.05) is 63.6 Å². The molecule has 2 bridgehead atoms. The van der Waals surface area contributed by atoms with E-state index in [4.69, 9.17) is 18.9 Å². The maximum absolute atomic E-state index is 13.6. The monoisotopic (exact) mass is 572 g/mol. The van der Waals surface area contributed by atoms with Gasteiger partial charge in [0.05, 0.1) is 25.7 Å². The zero-order valence-corrected chi connectivity index (χ0v) is 24.9. The Bertz CT molecular complexity index is 999. The number of urea groups is 1. The first-order valence-corrected chi connectivity index (χ1v) is 15.5. The average Bonchev–Trinajstić information content (AvgIpc) is 3.49. The van der Waals surface area contributed by atoms with Gasteiger partial charge in [-0.25, -0.2) is 4.79 Å². The SMILES string of the molecule is COCC1CCN(C(=O)N(CC(C)C)C[C@@H](O)[C@@H](CC(=O)OC2C3COC4OCC2C4C3)Cc2ccccc2)CC1. The lowest BCUT2D eigenvalue weighted by Crippen LogP contribution is -2.51. The Balaban J connectivity index is 1.24. The molecule has 3 heterocycles. The van der Waals surface area contributed by atoms with E-state index < -0.39 is 6.10 Å². The van der Waals surface area contributed by atoms with E-state index in [0.717, 1.165) is 31.4 Å². The molecule has 2 amide bonds. The predicted octanol–water partition coefficient (Wildman–Crippen LogP) is 3.58. The van der Waals surface area contributed by atoms with Gasteiger partial charge in [0.25, 0.3) is 0 Å². The standard InChI is InChI=1S/C32H48N2O7/c1-21(2)16-34(32(37)33-11-9-23(10-12-33)18-38-3)17-28(35)24(13-22-7-5-4-6-8-22)15-29(36)41-30-25-14-26-27(30)20-40-31(26)39-19-25/h4-8,21,23-28,30-31,35H,9-20H2,1-3H3/t24-,25?,26?,27?,28-,30?,31?/m1/s1. The van der Waals surface area contributed by atoms with Crippen LogP contribution in [0.3, 0.4) is 0 Å². The summed E-state index contributed by atoms with van der Waals surface area (Å²) < 4.78 is 23.0. The van der Waals surface area contributed by atoms with Gasteiger partial charge in [0.15, 0.2) is 6.29 Å². The number of methoxy groups -OCH3 is 1. The largest absolute Gasteiger partial charge is 0.462 e. The lowest BCUT2D eigenvalue weighted by Gasteiger charge is -2.38. The van der Waals surface area contributed by atoms with Crippen molar-refractivity contribution < 1.29 is 33.6 Å². The molecule has 0 aromatic heterocycles. The van der Waals surface area contributed by atoms with Crippen molar-refractivity contribution in [3.8, 4) is 0 Å². The Hall–Kier alpha value is -2.20. The van der Waals surface area contributed by atoms with Gasteiger partial charge >= 0.3 is 12.0 Å². The van der Waals surface area contributed by atoms with Gasteiger partial charge in [-0.3, -0.25) is 4.79 Å². The quantitative estimate of drug-likeness (QED) is 0.383. The Kier molecular flexibility index (Phi) is 10.2. The summed E-state index contributed by atoms with van der Waals surface area (Å²) in [5.74, 6) is 0.725. The molecule has 3 saturated heterocycles. The number of amides is 2. The Labute approximate surface area is 244 Å². The summed E-state index contributed by atoms with van der Waals surface area (Å²) >= 11 is 0. The van der Waals surface area contributed by atoms with E-state index in [1.807, 2.05) is 35.2 Å². The first-order chi connectivity index (χ1) is 19.8. The Morgan fingerprint density at radius 3 is 2.51 bits per heavy atom. The van der Waals surface area contributed by atoms with Crippen LogP contribution in [0, 0.1) is 35.5 Å². The van der Waals surface area contributed by atoms with Gasteiger partial charge in [-0.15, -0.1) is 0 Å². The van der Waals surface area contributed by atoms with Gasteiger partial charge in [0.2, 0.25) is 0 Å². The second-order valence-electron chi connectivity index (χ2n) is 13.0. The smallest absolute Gasteiger partial charge is 0.320 e. The lowest BCUT2D eigenvalue weighted by atomic mass is 9.90. The van der Waals surface area contributed by atoms with Gasteiger partial charge in [-0.2, -0.15) is 0 Å². The summed E-state index contributed by atoms with van der Waals surface area (Å²) in [6.45, 7) is 8.11. The van der Waals surface area contributed by atoms with Crippen LogP contribution in [0.5, 0.6) is 0 Å². The molecule has 1 N–H and O–H groups in total. The fourth-order valence-corrected chi connectivity index (χ4v) is 7.30. The van der Waals surface area contributed by atoms with Gasteiger partial charge in [-0.1, -0.05) is 44.2 Å². The Morgan fingerprint density at radius 1 is 1.07 bits per heavy atom. The fraction of sp³-hybridized carbons (Fsp3) is 0.750. The first kappa shape index (κ1) is 30.3. The highest BCUT2D eigenvalue weighted by atomic mass is 16.7. The lowest BCUT2D eigenvalue weighted by molar-refractivity contribution is -0.178. The number of ether oxygens (including phenoxy) is 4. The number of piperidine rings is 1. The number of nitrogens with zero attached hydrogens (tertiary/aromatic N) is 2. The van der Waals surface area contributed by atoms with Crippen LogP contribution in [-0.4, -0.2) is 98.5 Å². The third-order valence-electron chi connectivity index (χ3n) is 9.42. The zero-order chi connectivity index (χ0) is 28.9. The number of carbonyl (C=O) groups is 2. The van der Waals surface area contributed by atoms with Crippen molar-refractivity contribution in [3.63, 3.8) is 0 Å². The minimum absolute atomic E-state index is 0.0383. The summed E-state index contributed by atoms with van der Waals surface area (Å²) in [5.41, 5.74) is 1.04. The van der Waals surface area contributed by atoms with Crippen molar-refractivity contribution in [1.29, 1.82) is 0 Å². The zero-order valence-electron chi connectivity index (χ0n) is 24.9. The van der Waals surface area contributed by atoms with Crippen molar-refractivity contribution in [1.82, 2.24) is 9.80 Å². The van der Waals surface area contributed by atoms with E-state index in [9.17, 15) is 14.7 Å². The molecule has 9 heteroatoms. The highest BCUT2D eigenvalue weighted by Crippen LogP contribution is 2.49. The van der Waals surface area contributed by atoms with Crippen LogP contribution in [0.1, 0.15) is 45.1 Å². The van der Waals surface area contributed by atoms with Crippen LogP contribution < -0.4 is 0 Å².